The van der Waals surface area contributed by atoms with Gasteiger partial charge in [0.1, 0.15) is 5.60 Å². The van der Waals surface area contributed by atoms with Gasteiger partial charge in [0.05, 0.1) is 19.2 Å². The molecule has 1 heterocycles. The molecular formula is C17H24N2O5. The third-order valence-electron chi connectivity index (χ3n) is 3.05. The van der Waals surface area contributed by atoms with Crippen LogP contribution in [0.4, 0.5) is 0 Å². The average molecular weight is 336 g/mol. The number of hydrogen-bond donors (Lipinski definition) is 1. The van der Waals surface area contributed by atoms with E-state index in [0.29, 0.717) is 5.69 Å². The number of nitrogens with zero attached hydrogens (tertiary/aromatic N) is 1. The minimum absolute atomic E-state index is 0.0841. The maximum atomic E-state index is 12.3. The van der Waals surface area contributed by atoms with Gasteiger partial charge in [0.2, 0.25) is 5.91 Å². The van der Waals surface area contributed by atoms with E-state index in [0.717, 1.165) is 0 Å². The van der Waals surface area contributed by atoms with Crippen LogP contribution in [0.2, 0.25) is 0 Å². The Morgan fingerprint density at radius 2 is 1.92 bits per heavy atom. The summed E-state index contributed by atoms with van der Waals surface area (Å²) in [6.45, 7) is 6.85. The maximum Gasteiger partial charge on any atom is 0.334 e. The first kappa shape index (κ1) is 19.6. The number of aromatic nitrogens is 1. The Bertz CT molecular complexity index is 580. The van der Waals surface area contributed by atoms with Crippen LogP contribution in [0.1, 0.15) is 45.9 Å². The van der Waals surface area contributed by atoms with Crippen molar-refractivity contribution in [3.63, 3.8) is 0 Å². The molecule has 24 heavy (non-hydrogen) atoms. The molecule has 1 N–H and O–H groups in total. The second-order valence-electron chi connectivity index (χ2n) is 6.41. The van der Waals surface area contributed by atoms with Gasteiger partial charge in [-0.3, -0.25) is 14.6 Å². The first-order chi connectivity index (χ1) is 11.1. The van der Waals surface area contributed by atoms with E-state index >= 15 is 0 Å². The molecule has 2 atom stereocenters. The summed E-state index contributed by atoms with van der Waals surface area (Å²) in [7, 11) is 1.23. The van der Waals surface area contributed by atoms with E-state index in [1.165, 1.54) is 13.3 Å². The summed E-state index contributed by atoms with van der Waals surface area (Å²) in [6.07, 6.45) is 1.43. The largest absolute Gasteiger partial charge is 0.467 e. The molecule has 0 bridgehead atoms. The monoisotopic (exact) mass is 336 g/mol. The van der Waals surface area contributed by atoms with E-state index < -0.39 is 35.4 Å². The molecule has 0 saturated carbocycles. The van der Waals surface area contributed by atoms with E-state index in [2.05, 4.69) is 10.3 Å². The van der Waals surface area contributed by atoms with Crippen molar-refractivity contribution in [3.8, 4) is 0 Å². The summed E-state index contributed by atoms with van der Waals surface area (Å²) in [4.78, 5) is 40.1. The van der Waals surface area contributed by atoms with Gasteiger partial charge < -0.3 is 14.8 Å². The molecular weight excluding hydrogens is 312 g/mol. The van der Waals surface area contributed by atoms with E-state index in [1.54, 1.807) is 45.9 Å². The van der Waals surface area contributed by atoms with Gasteiger partial charge in [-0.25, -0.2) is 4.79 Å². The number of amides is 1. The van der Waals surface area contributed by atoms with Crippen LogP contribution in [0.3, 0.4) is 0 Å². The highest BCUT2D eigenvalue weighted by atomic mass is 16.6. The maximum absolute atomic E-state index is 12.3. The number of esters is 2. The fourth-order valence-corrected chi connectivity index (χ4v) is 1.93. The van der Waals surface area contributed by atoms with Gasteiger partial charge in [0, 0.05) is 12.1 Å². The minimum Gasteiger partial charge on any atom is -0.467 e. The second kappa shape index (κ2) is 8.42. The molecule has 0 spiro atoms. The van der Waals surface area contributed by atoms with Gasteiger partial charge in [-0.05, 0) is 32.9 Å². The molecule has 0 aliphatic carbocycles. The predicted molar refractivity (Wildman–Crippen MR) is 86.8 cm³/mol. The quantitative estimate of drug-likeness (QED) is 0.796. The minimum atomic E-state index is -1.02. The predicted octanol–water partition coefficient (Wildman–Crippen LogP) is 1.78. The lowest BCUT2D eigenvalue weighted by Crippen LogP contribution is -2.39. The SMILES string of the molecule is COC(=O)C(NC(=O)[C@H](C)CC(=O)OC(C)(C)C)c1ccccn1. The molecule has 0 saturated heterocycles. The standard InChI is InChI=1S/C17H24N2O5/c1-11(10-13(20)24-17(2,3)4)15(21)19-14(16(22)23-5)12-8-6-7-9-18-12/h6-9,11,14H,10H2,1-5H3,(H,19,21)/t11-,14?/m1/s1. The van der Waals surface area contributed by atoms with E-state index in [4.69, 9.17) is 9.47 Å². The Hall–Kier alpha value is -2.44. The van der Waals surface area contributed by atoms with Crippen molar-refractivity contribution < 1.29 is 23.9 Å². The smallest absolute Gasteiger partial charge is 0.334 e. The number of nitrogens with one attached hydrogen (secondary N) is 1. The molecule has 0 aromatic carbocycles. The van der Waals surface area contributed by atoms with Gasteiger partial charge in [-0.15, -0.1) is 0 Å². The van der Waals surface area contributed by atoms with Crippen LogP contribution in [0, 0.1) is 5.92 Å². The van der Waals surface area contributed by atoms with Crippen LogP contribution in [0.5, 0.6) is 0 Å². The number of carbonyl (C=O) groups is 3. The molecule has 0 aliphatic heterocycles. The Labute approximate surface area is 141 Å². The highest BCUT2D eigenvalue weighted by Crippen LogP contribution is 2.15. The van der Waals surface area contributed by atoms with E-state index in [1.807, 2.05) is 0 Å². The molecule has 1 rings (SSSR count). The normalized spacial score (nSPS) is 13.5. The average Bonchev–Trinajstić information content (AvgIpc) is 2.50. The van der Waals surface area contributed by atoms with Crippen LogP contribution >= 0.6 is 0 Å². The third kappa shape index (κ3) is 6.36. The van der Waals surface area contributed by atoms with Crippen LogP contribution < -0.4 is 5.32 Å². The molecule has 1 aromatic heterocycles. The van der Waals surface area contributed by atoms with Gasteiger partial charge in [-0.1, -0.05) is 13.0 Å². The van der Waals surface area contributed by atoms with Crippen molar-refractivity contribution in [2.75, 3.05) is 7.11 Å². The number of carbonyl (C=O) groups excluding carboxylic acids is 3. The molecule has 0 aliphatic rings. The zero-order valence-corrected chi connectivity index (χ0v) is 14.7. The molecule has 1 amide bonds. The molecule has 0 fully saturated rings. The number of ether oxygens (including phenoxy) is 2. The van der Waals surface area contributed by atoms with Gasteiger partial charge >= 0.3 is 11.9 Å². The lowest BCUT2D eigenvalue weighted by molar-refractivity contribution is -0.157. The van der Waals surface area contributed by atoms with Gasteiger partial charge in [-0.2, -0.15) is 0 Å². The van der Waals surface area contributed by atoms with E-state index in [9.17, 15) is 14.4 Å². The van der Waals surface area contributed by atoms with Crippen LogP contribution in [0.15, 0.2) is 24.4 Å². The van der Waals surface area contributed by atoms with Crippen LogP contribution in [0.25, 0.3) is 0 Å². The number of rotatable bonds is 6. The van der Waals surface area contributed by atoms with Crippen molar-refractivity contribution in [2.45, 2.75) is 45.8 Å². The molecule has 7 nitrogen and oxygen atoms in total. The van der Waals surface area contributed by atoms with Crippen molar-refractivity contribution in [3.05, 3.63) is 30.1 Å². The fraction of sp³-hybridized carbons (Fsp3) is 0.529. The molecule has 1 unspecified atom stereocenters. The summed E-state index contributed by atoms with van der Waals surface area (Å²) >= 11 is 0. The molecule has 132 valence electrons. The number of methoxy groups -OCH3 is 1. The Morgan fingerprint density at radius 3 is 2.42 bits per heavy atom. The lowest BCUT2D eigenvalue weighted by Gasteiger charge is -2.22. The third-order valence-corrected chi connectivity index (χ3v) is 3.05. The first-order valence-electron chi connectivity index (χ1n) is 7.65. The number of pyridine rings is 1. The zero-order valence-electron chi connectivity index (χ0n) is 14.7. The topological polar surface area (TPSA) is 94.6 Å². The van der Waals surface area contributed by atoms with Gasteiger partial charge in [0.25, 0.3) is 0 Å². The van der Waals surface area contributed by atoms with Crippen molar-refractivity contribution in [2.24, 2.45) is 5.92 Å². The summed E-state index contributed by atoms with van der Waals surface area (Å²) in [6, 6.07) is 3.99. The summed E-state index contributed by atoms with van der Waals surface area (Å²) in [5, 5.41) is 2.57. The van der Waals surface area contributed by atoms with Crippen LogP contribution in [-0.4, -0.2) is 35.5 Å². The summed E-state index contributed by atoms with van der Waals surface area (Å²) in [5.41, 5.74) is -0.252. The Morgan fingerprint density at radius 1 is 1.25 bits per heavy atom. The van der Waals surface area contributed by atoms with Crippen molar-refractivity contribution in [1.82, 2.24) is 10.3 Å². The number of hydrogen-bond acceptors (Lipinski definition) is 6. The van der Waals surface area contributed by atoms with Crippen molar-refractivity contribution >= 4 is 17.8 Å². The Kier molecular flexibility index (Phi) is 6.88. The van der Waals surface area contributed by atoms with E-state index in [-0.39, 0.29) is 6.42 Å². The fourth-order valence-electron chi connectivity index (χ4n) is 1.93. The first-order valence-corrected chi connectivity index (χ1v) is 7.65. The lowest BCUT2D eigenvalue weighted by atomic mass is 10.1. The highest BCUT2D eigenvalue weighted by Gasteiger charge is 2.28. The zero-order chi connectivity index (χ0) is 18.3. The second-order valence-corrected chi connectivity index (χ2v) is 6.41. The molecule has 1 aromatic rings. The summed E-state index contributed by atoms with van der Waals surface area (Å²) < 4.78 is 9.90. The van der Waals surface area contributed by atoms with Gasteiger partial charge in [0.15, 0.2) is 6.04 Å². The molecule has 7 heteroatoms. The molecule has 0 radical (unpaired) electrons. The highest BCUT2D eigenvalue weighted by molar-refractivity contribution is 5.88. The van der Waals surface area contributed by atoms with Crippen molar-refractivity contribution in [1.29, 1.82) is 0 Å². The van der Waals surface area contributed by atoms with Crippen LogP contribution in [-0.2, 0) is 23.9 Å². The summed E-state index contributed by atoms with van der Waals surface area (Å²) in [5.74, 6) is -2.22. The Balaban J connectivity index is 2.74.